The maximum Gasteiger partial charge on any atom is 0.259 e. The highest BCUT2D eigenvalue weighted by atomic mass is 16.5. The second-order valence-corrected chi connectivity index (χ2v) is 8.15. The van der Waals surface area contributed by atoms with E-state index in [9.17, 15) is 4.79 Å². The van der Waals surface area contributed by atoms with Crippen molar-refractivity contribution >= 4 is 22.6 Å². The smallest absolute Gasteiger partial charge is 0.259 e. The molecule has 0 N–H and O–H groups in total. The SMILES string of the molecule is CCc1cc(C(=O)N2CCOc3ccccc32)c2c(C)nn(C(C)(C)C)c2n1. The lowest BCUT2D eigenvalue weighted by Crippen LogP contribution is -2.38. The van der Waals surface area contributed by atoms with Crippen LogP contribution in [0.15, 0.2) is 30.3 Å². The Morgan fingerprint density at radius 3 is 2.71 bits per heavy atom. The molecule has 1 amide bonds. The number of pyridine rings is 1. The first kappa shape index (κ1) is 18.5. The van der Waals surface area contributed by atoms with Crippen LogP contribution in [-0.4, -0.2) is 33.8 Å². The van der Waals surface area contributed by atoms with Crippen LogP contribution in [0.5, 0.6) is 5.75 Å². The fourth-order valence-electron chi connectivity index (χ4n) is 3.68. The van der Waals surface area contributed by atoms with Gasteiger partial charge in [0.15, 0.2) is 5.65 Å². The Morgan fingerprint density at radius 2 is 2.00 bits per heavy atom. The maximum atomic E-state index is 13.7. The molecule has 0 unspecified atom stereocenters. The number of hydrogen-bond acceptors (Lipinski definition) is 4. The molecular formula is C22H26N4O2. The van der Waals surface area contributed by atoms with Crippen LogP contribution in [0.4, 0.5) is 5.69 Å². The highest BCUT2D eigenvalue weighted by Crippen LogP contribution is 2.34. The summed E-state index contributed by atoms with van der Waals surface area (Å²) in [5, 5.41) is 5.56. The molecule has 1 aliphatic rings. The average molecular weight is 378 g/mol. The fourth-order valence-corrected chi connectivity index (χ4v) is 3.68. The van der Waals surface area contributed by atoms with Gasteiger partial charge in [0, 0.05) is 5.69 Å². The Balaban J connectivity index is 1.92. The Bertz CT molecular complexity index is 1060. The summed E-state index contributed by atoms with van der Waals surface area (Å²) >= 11 is 0. The third-order valence-electron chi connectivity index (χ3n) is 5.07. The van der Waals surface area contributed by atoms with Crippen molar-refractivity contribution in [2.24, 2.45) is 0 Å². The second-order valence-electron chi connectivity index (χ2n) is 8.15. The molecule has 1 aromatic carbocycles. The molecule has 2 aromatic heterocycles. The van der Waals surface area contributed by atoms with Crippen molar-refractivity contribution in [1.29, 1.82) is 0 Å². The molecule has 0 bridgehead atoms. The van der Waals surface area contributed by atoms with E-state index in [4.69, 9.17) is 14.8 Å². The first-order chi connectivity index (χ1) is 13.3. The van der Waals surface area contributed by atoms with Crippen LogP contribution in [-0.2, 0) is 12.0 Å². The van der Waals surface area contributed by atoms with Crippen molar-refractivity contribution in [2.45, 2.75) is 46.6 Å². The summed E-state index contributed by atoms with van der Waals surface area (Å²) in [5.41, 5.74) is 3.73. The van der Waals surface area contributed by atoms with Crippen LogP contribution in [0.3, 0.4) is 0 Å². The Kier molecular flexibility index (Phi) is 4.37. The molecule has 3 aromatic rings. The molecule has 0 fully saturated rings. The molecule has 0 atom stereocenters. The first-order valence-electron chi connectivity index (χ1n) is 9.74. The van der Waals surface area contributed by atoms with Gasteiger partial charge in [-0.15, -0.1) is 0 Å². The molecule has 4 rings (SSSR count). The van der Waals surface area contributed by atoms with E-state index in [0.29, 0.717) is 18.7 Å². The number of rotatable bonds is 2. The number of nitrogens with zero attached hydrogens (tertiary/aromatic N) is 4. The molecule has 3 heterocycles. The number of fused-ring (bicyclic) bond motifs is 2. The number of ether oxygens (including phenoxy) is 1. The number of hydrogen-bond donors (Lipinski definition) is 0. The minimum absolute atomic E-state index is 0.0330. The van der Waals surface area contributed by atoms with Crippen molar-refractivity contribution in [3.05, 3.63) is 47.3 Å². The standard InChI is InChI=1S/C22H26N4O2/c1-6-15-13-16(19-14(2)24-26(20(19)23-15)22(3,4)5)21(27)25-11-12-28-18-10-8-7-9-17(18)25/h7-10,13H,6,11-12H2,1-5H3. The van der Waals surface area contributed by atoms with Gasteiger partial charge in [-0.05, 0) is 52.3 Å². The third-order valence-corrected chi connectivity index (χ3v) is 5.07. The van der Waals surface area contributed by atoms with E-state index in [2.05, 4.69) is 27.7 Å². The van der Waals surface area contributed by atoms with Gasteiger partial charge in [-0.1, -0.05) is 19.1 Å². The van der Waals surface area contributed by atoms with Crippen LogP contribution in [0.2, 0.25) is 0 Å². The van der Waals surface area contributed by atoms with Crippen molar-refractivity contribution < 1.29 is 9.53 Å². The quantitative estimate of drug-likeness (QED) is 0.674. The summed E-state index contributed by atoms with van der Waals surface area (Å²) in [6.07, 6.45) is 0.754. The molecule has 0 spiro atoms. The van der Waals surface area contributed by atoms with Crippen LogP contribution >= 0.6 is 0 Å². The molecule has 146 valence electrons. The highest BCUT2D eigenvalue weighted by molar-refractivity contribution is 6.14. The third kappa shape index (κ3) is 2.93. The number of aryl methyl sites for hydroxylation is 2. The lowest BCUT2D eigenvalue weighted by molar-refractivity contribution is 0.0978. The molecule has 0 aliphatic carbocycles. The predicted molar refractivity (Wildman–Crippen MR) is 110 cm³/mol. The lowest BCUT2D eigenvalue weighted by atomic mass is 10.1. The van der Waals surface area contributed by atoms with Crippen molar-refractivity contribution in [1.82, 2.24) is 14.8 Å². The van der Waals surface area contributed by atoms with E-state index in [0.717, 1.165) is 40.3 Å². The first-order valence-corrected chi connectivity index (χ1v) is 9.74. The number of benzene rings is 1. The summed E-state index contributed by atoms with van der Waals surface area (Å²) in [6.45, 7) is 11.3. The van der Waals surface area contributed by atoms with Gasteiger partial charge in [0.2, 0.25) is 0 Å². The van der Waals surface area contributed by atoms with E-state index in [-0.39, 0.29) is 11.4 Å². The Morgan fingerprint density at radius 1 is 1.25 bits per heavy atom. The summed E-state index contributed by atoms with van der Waals surface area (Å²) < 4.78 is 7.65. The number of amides is 1. The monoisotopic (exact) mass is 378 g/mol. The molecular weight excluding hydrogens is 352 g/mol. The summed E-state index contributed by atoms with van der Waals surface area (Å²) in [5.74, 6) is 0.708. The summed E-state index contributed by atoms with van der Waals surface area (Å²) in [6, 6.07) is 9.60. The molecule has 0 saturated carbocycles. The van der Waals surface area contributed by atoms with Crippen LogP contribution in [0.25, 0.3) is 11.0 Å². The van der Waals surface area contributed by atoms with Crippen molar-refractivity contribution in [3.63, 3.8) is 0 Å². The molecule has 1 aliphatic heterocycles. The van der Waals surface area contributed by atoms with Gasteiger partial charge in [-0.3, -0.25) is 4.79 Å². The highest BCUT2D eigenvalue weighted by Gasteiger charge is 2.29. The Hall–Kier alpha value is -2.89. The number of para-hydroxylation sites is 2. The molecule has 0 saturated heterocycles. The van der Waals surface area contributed by atoms with Gasteiger partial charge in [0.25, 0.3) is 5.91 Å². The van der Waals surface area contributed by atoms with E-state index in [1.807, 2.05) is 41.9 Å². The van der Waals surface area contributed by atoms with Crippen molar-refractivity contribution in [3.8, 4) is 5.75 Å². The number of carbonyl (C=O) groups is 1. The number of aromatic nitrogens is 3. The van der Waals surface area contributed by atoms with Crippen LogP contribution in [0, 0.1) is 6.92 Å². The topological polar surface area (TPSA) is 60.3 Å². The minimum atomic E-state index is -0.224. The fraction of sp³-hybridized carbons (Fsp3) is 0.409. The number of carbonyl (C=O) groups excluding carboxylic acids is 1. The maximum absolute atomic E-state index is 13.7. The largest absolute Gasteiger partial charge is 0.490 e. The Labute approximate surface area is 165 Å². The molecule has 6 nitrogen and oxygen atoms in total. The summed E-state index contributed by atoms with van der Waals surface area (Å²) in [7, 11) is 0. The second kappa shape index (κ2) is 6.62. The van der Waals surface area contributed by atoms with E-state index < -0.39 is 0 Å². The van der Waals surface area contributed by atoms with Gasteiger partial charge >= 0.3 is 0 Å². The molecule has 0 radical (unpaired) electrons. The van der Waals surface area contributed by atoms with Gasteiger partial charge < -0.3 is 9.64 Å². The number of anilines is 1. The van der Waals surface area contributed by atoms with Crippen LogP contribution in [0.1, 0.15) is 49.4 Å². The summed E-state index contributed by atoms with van der Waals surface area (Å²) in [4.78, 5) is 20.3. The average Bonchev–Trinajstić information content (AvgIpc) is 3.03. The molecule has 6 heteroatoms. The van der Waals surface area contributed by atoms with Gasteiger partial charge in [0.1, 0.15) is 12.4 Å². The van der Waals surface area contributed by atoms with Crippen molar-refractivity contribution in [2.75, 3.05) is 18.1 Å². The lowest BCUT2D eigenvalue weighted by Gasteiger charge is -2.29. The zero-order chi connectivity index (χ0) is 20.1. The predicted octanol–water partition coefficient (Wildman–Crippen LogP) is 4.10. The van der Waals surface area contributed by atoms with Crippen LogP contribution < -0.4 is 9.64 Å². The zero-order valence-corrected chi connectivity index (χ0v) is 17.1. The van der Waals surface area contributed by atoms with E-state index in [1.54, 1.807) is 4.90 Å². The van der Waals surface area contributed by atoms with E-state index >= 15 is 0 Å². The van der Waals surface area contributed by atoms with Gasteiger partial charge in [-0.2, -0.15) is 5.10 Å². The minimum Gasteiger partial charge on any atom is -0.490 e. The molecule has 28 heavy (non-hydrogen) atoms. The van der Waals surface area contributed by atoms with Gasteiger partial charge in [-0.25, -0.2) is 9.67 Å². The van der Waals surface area contributed by atoms with E-state index in [1.165, 1.54) is 0 Å². The van der Waals surface area contributed by atoms with Gasteiger partial charge in [0.05, 0.1) is 34.4 Å². The zero-order valence-electron chi connectivity index (χ0n) is 17.1. The normalized spacial score (nSPS) is 14.1.